The van der Waals surface area contributed by atoms with Crippen LogP contribution in [0.2, 0.25) is 0 Å². The normalized spacial score (nSPS) is 11.4. The molecule has 0 aliphatic rings. The summed E-state index contributed by atoms with van der Waals surface area (Å²) >= 11 is 3.56. The lowest BCUT2D eigenvalue weighted by molar-refractivity contribution is 0.590. The van der Waals surface area contributed by atoms with Crippen LogP contribution in [0.1, 0.15) is 25.1 Å². The minimum atomic E-state index is 0.491. The third-order valence-electron chi connectivity index (χ3n) is 2.70. The quantitative estimate of drug-likeness (QED) is 0.931. The number of pyridine rings is 1. The van der Waals surface area contributed by atoms with Crippen molar-refractivity contribution >= 4 is 26.8 Å². The van der Waals surface area contributed by atoms with Crippen molar-refractivity contribution in [3.63, 3.8) is 0 Å². The van der Waals surface area contributed by atoms with Gasteiger partial charge in [0.25, 0.3) is 0 Å². The van der Waals surface area contributed by atoms with Crippen molar-refractivity contribution in [1.29, 1.82) is 0 Å². The van der Waals surface area contributed by atoms with Crippen LogP contribution >= 0.6 is 15.9 Å². The maximum atomic E-state index is 4.59. The molecule has 1 aromatic heterocycles. The molecule has 0 spiro atoms. The highest BCUT2D eigenvalue weighted by molar-refractivity contribution is 9.10. The van der Waals surface area contributed by atoms with Gasteiger partial charge in [-0.15, -0.1) is 0 Å². The number of fused-ring (bicyclic) bond motifs is 1. The van der Waals surface area contributed by atoms with E-state index < -0.39 is 0 Å². The molecule has 1 aromatic carbocycles. The molecule has 0 amide bonds. The third kappa shape index (κ3) is 2.85. The first-order chi connectivity index (χ1) is 8.08. The Morgan fingerprint density at radius 2 is 2.12 bits per heavy atom. The molecule has 1 N–H and O–H groups in total. The van der Waals surface area contributed by atoms with E-state index in [9.17, 15) is 0 Å². The Hall–Kier alpha value is -0.930. The summed E-state index contributed by atoms with van der Waals surface area (Å²) in [6.07, 6.45) is 0. The van der Waals surface area contributed by atoms with Crippen LogP contribution in [0.4, 0.5) is 0 Å². The molecule has 3 heteroatoms. The van der Waals surface area contributed by atoms with E-state index in [2.05, 4.69) is 58.3 Å². The number of nitrogens with zero attached hydrogens (tertiary/aromatic N) is 1. The van der Waals surface area contributed by atoms with Crippen molar-refractivity contribution in [3.05, 3.63) is 40.0 Å². The lowest BCUT2D eigenvalue weighted by Crippen LogP contribution is -2.22. The lowest BCUT2D eigenvalue weighted by atomic mass is 10.1. The molecule has 0 aliphatic carbocycles. The summed E-state index contributed by atoms with van der Waals surface area (Å²) in [6.45, 7) is 7.24. The van der Waals surface area contributed by atoms with E-state index in [4.69, 9.17) is 0 Å². The Morgan fingerprint density at radius 1 is 1.35 bits per heavy atom. The number of aryl methyl sites for hydroxylation is 1. The van der Waals surface area contributed by atoms with Crippen molar-refractivity contribution in [1.82, 2.24) is 10.3 Å². The molecule has 0 saturated heterocycles. The average molecular weight is 293 g/mol. The molecule has 2 aromatic rings. The fourth-order valence-electron chi connectivity index (χ4n) is 1.89. The number of aromatic nitrogens is 1. The SMILES string of the molecule is Cc1cc(CNC(C)C)c2cccc(Br)c2n1. The summed E-state index contributed by atoms with van der Waals surface area (Å²) in [6, 6.07) is 8.87. The second kappa shape index (κ2) is 5.15. The van der Waals surface area contributed by atoms with Crippen LogP contribution in [0.3, 0.4) is 0 Å². The zero-order valence-corrected chi connectivity index (χ0v) is 12.0. The van der Waals surface area contributed by atoms with Crippen molar-refractivity contribution in [2.75, 3.05) is 0 Å². The molecule has 0 atom stereocenters. The number of hydrogen-bond acceptors (Lipinski definition) is 2. The third-order valence-corrected chi connectivity index (χ3v) is 3.34. The van der Waals surface area contributed by atoms with Crippen LogP contribution in [0.5, 0.6) is 0 Å². The standard InChI is InChI=1S/C14H17BrN2/c1-9(2)16-8-11-7-10(3)17-14-12(11)5-4-6-13(14)15/h4-7,9,16H,8H2,1-3H3. The van der Waals surface area contributed by atoms with Crippen LogP contribution in [-0.4, -0.2) is 11.0 Å². The Kier molecular flexibility index (Phi) is 3.79. The first-order valence-electron chi connectivity index (χ1n) is 5.86. The van der Waals surface area contributed by atoms with E-state index in [1.165, 1.54) is 10.9 Å². The van der Waals surface area contributed by atoms with Crippen LogP contribution in [0, 0.1) is 6.92 Å². The van der Waals surface area contributed by atoms with Gasteiger partial charge in [0.05, 0.1) is 5.52 Å². The van der Waals surface area contributed by atoms with Gasteiger partial charge in [0.2, 0.25) is 0 Å². The Bertz CT molecular complexity index is 535. The first kappa shape index (κ1) is 12.5. The summed E-state index contributed by atoms with van der Waals surface area (Å²) < 4.78 is 1.06. The molecule has 0 saturated carbocycles. The number of halogens is 1. The van der Waals surface area contributed by atoms with E-state index in [0.717, 1.165) is 22.2 Å². The Balaban J connectivity index is 2.50. The largest absolute Gasteiger partial charge is 0.310 e. The predicted molar refractivity (Wildman–Crippen MR) is 76.2 cm³/mol. The zero-order valence-electron chi connectivity index (χ0n) is 10.4. The highest BCUT2D eigenvalue weighted by Crippen LogP contribution is 2.25. The summed E-state index contributed by atoms with van der Waals surface area (Å²) in [5, 5.41) is 4.68. The van der Waals surface area contributed by atoms with Crippen molar-refractivity contribution < 1.29 is 0 Å². The molecule has 0 bridgehead atoms. The molecule has 90 valence electrons. The molecule has 0 unspecified atom stereocenters. The van der Waals surface area contributed by atoms with Crippen LogP contribution < -0.4 is 5.32 Å². The van der Waals surface area contributed by atoms with Gasteiger partial charge in [-0.3, -0.25) is 4.98 Å². The van der Waals surface area contributed by atoms with Gasteiger partial charge in [-0.25, -0.2) is 0 Å². The molecule has 0 fully saturated rings. The second-order valence-electron chi connectivity index (χ2n) is 4.59. The second-order valence-corrected chi connectivity index (χ2v) is 5.45. The number of nitrogens with one attached hydrogen (secondary N) is 1. The van der Waals surface area contributed by atoms with E-state index >= 15 is 0 Å². The maximum Gasteiger partial charge on any atom is 0.0850 e. The van der Waals surface area contributed by atoms with Gasteiger partial charge in [-0.05, 0) is 40.5 Å². The Morgan fingerprint density at radius 3 is 2.82 bits per heavy atom. The molecule has 0 aliphatic heterocycles. The van der Waals surface area contributed by atoms with Crippen molar-refractivity contribution in [3.8, 4) is 0 Å². The number of hydrogen-bond donors (Lipinski definition) is 1. The van der Waals surface area contributed by atoms with Gasteiger partial charge in [-0.1, -0.05) is 26.0 Å². The van der Waals surface area contributed by atoms with Crippen LogP contribution in [0.15, 0.2) is 28.7 Å². The summed E-state index contributed by atoms with van der Waals surface area (Å²) in [5.74, 6) is 0. The monoisotopic (exact) mass is 292 g/mol. The van der Waals surface area contributed by atoms with E-state index in [1.54, 1.807) is 0 Å². The van der Waals surface area contributed by atoms with Crippen molar-refractivity contribution in [2.24, 2.45) is 0 Å². The minimum Gasteiger partial charge on any atom is -0.310 e. The van der Waals surface area contributed by atoms with Gasteiger partial charge in [0.1, 0.15) is 0 Å². The highest BCUT2D eigenvalue weighted by atomic mass is 79.9. The number of para-hydroxylation sites is 1. The number of benzene rings is 1. The number of rotatable bonds is 3. The summed E-state index contributed by atoms with van der Waals surface area (Å²) in [4.78, 5) is 4.59. The van der Waals surface area contributed by atoms with Crippen LogP contribution in [-0.2, 0) is 6.54 Å². The maximum absolute atomic E-state index is 4.59. The van der Waals surface area contributed by atoms with Crippen molar-refractivity contribution in [2.45, 2.75) is 33.4 Å². The van der Waals surface area contributed by atoms with Crippen LogP contribution in [0.25, 0.3) is 10.9 Å². The lowest BCUT2D eigenvalue weighted by Gasteiger charge is -2.12. The molecule has 2 nitrogen and oxygen atoms in total. The van der Waals surface area contributed by atoms with Gasteiger partial charge in [0.15, 0.2) is 0 Å². The van der Waals surface area contributed by atoms with Gasteiger partial charge >= 0.3 is 0 Å². The predicted octanol–water partition coefficient (Wildman–Crippen LogP) is 3.80. The molecule has 1 heterocycles. The van der Waals surface area contributed by atoms with E-state index in [-0.39, 0.29) is 0 Å². The molecular formula is C14H17BrN2. The fourth-order valence-corrected chi connectivity index (χ4v) is 2.34. The fraction of sp³-hybridized carbons (Fsp3) is 0.357. The molecule has 17 heavy (non-hydrogen) atoms. The molecular weight excluding hydrogens is 276 g/mol. The van der Waals surface area contributed by atoms with Gasteiger partial charge < -0.3 is 5.32 Å². The van der Waals surface area contributed by atoms with Gasteiger partial charge in [0, 0.05) is 28.1 Å². The molecule has 0 radical (unpaired) electrons. The zero-order chi connectivity index (χ0) is 12.4. The molecule has 2 rings (SSSR count). The first-order valence-corrected chi connectivity index (χ1v) is 6.65. The summed E-state index contributed by atoms with van der Waals surface area (Å²) in [7, 11) is 0. The summed E-state index contributed by atoms with van der Waals surface area (Å²) in [5.41, 5.74) is 3.42. The Labute approximate surface area is 111 Å². The minimum absolute atomic E-state index is 0.491. The van der Waals surface area contributed by atoms with E-state index in [1.807, 2.05) is 13.0 Å². The average Bonchev–Trinajstić information content (AvgIpc) is 2.27. The smallest absolute Gasteiger partial charge is 0.0850 e. The van der Waals surface area contributed by atoms with Gasteiger partial charge in [-0.2, -0.15) is 0 Å². The topological polar surface area (TPSA) is 24.9 Å². The highest BCUT2D eigenvalue weighted by Gasteiger charge is 2.06. The van der Waals surface area contributed by atoms with E-state index in [0.29, 0.717) is 6.04 Å².